The summed E-state index contributed by atoms with van der Waals surface area (Å²) in [4.78, 5) is 19.4. The second kappa shape index (κ2) is 4.55. The maximum Gasteiger partial charge on any atom is 0.277 e. The van der Waals surface area contributed by atoms with Crippen molar-refractivity contribution < 1.29 is 19.3 Å². The summed E-state index contributed by atoms with van der Waals surface area (Å²) in [5, 5.41) is 21.8. The average molecular weight is 301 g/mol. The van der Waals surface area contributed by atoms with Gasteiger partial charge in [-0.25, -0.2) is 4.39 Å². The minimum absolute atomic E-state index is 0.0733. The van der Waals surface area contributed by atoms with E-state index in [1.54, 1.807) is 0 Å². The fraction of sp³-hybridized carbons (Fsp3) is 0.636. The third-order valence-electron chi connectivity index (χ3n) is 3.80. The van der Waals surface area contributed by atoms with E-state index in [1.807, 2.05) is 0 Å². The molecule has 4 atom stereocenters. The van der Waals surface area contributed by atoms with E-state index in [2.05, 4.69) is 15.3 Å². The predicted molar refractivity (Wildman–Crippen MR) is 71.5 cm³/mol. The van der Waals surface area contributed by atoms with Gasteiger partial charge in [0.15, 0.2) is 17.7 Å². The summed E-state index contributed by atoms with van der Waals surface area (Å²) in [6.07, 6.45) is -3.74. The predicted octanol–water partition coefficient (Wildman–Crippen LogP) is -1.65. The van der Waals surface area contributed by atoms with E-state index >= 15 is 0 Å². The van der Waals surface area contributed by atoms with Crippen LogP contribution in [0.3, 0.4) is 0 Å². The number of aliphatic hydroxyl groups excluding tert-OH is 2. The number of hydrogen-bond acceptors (Lipinski definition) is 8. The summed E-state index contributed by atoms with van der Waals surface area (Å²) in [6, 6.07) is 0. The summed E-state index contributed by atoms with van der Waals surface area (Å²) >= 11 is 0. The van der Waals surface area contributed by atoms with Crippen molar-refractivity contribution in [3.05, 3.63) is 10.4 Å². The Morgan fingerprint density at radius 3 is 3.00 bits per heavy atom. The Hall–Kier alpha value is -1.91. The number of rotatable bonds is 2. The van der Waals surface area contributed by atoms with E-state index in [0.29, 0.717) is 0 Å². The molecule has 1 fully saturated rings. The standard InChI is InChI=1S/C11H16FN5O4/c1-11(12)6(19)4(2-18)21-9(11)17-3-14-5-7(17)15-10(13)16-8(5)20/h4,6,9,14,18-19H,2-3H2,1H3,(H3,13,15,16,20). The van der Waals surface area contributed by atoms with Crippen LogP contribution >= 0.6 is 0 Å². The normalized spacial score (nSPS) is 34.9. The van der Waals surface area contributed by atoms with Gasteiger partial charge in [0, 0.05) is 0 Å². The van der Waals surface area contributed by atoms with E-state index in [-0.39, 0.29) is 24.1 Å². The Labute approximate surface area is 118 Å². The van der Waals surface area contributed by atoms with Crippen molar-refractivity contribution in [2.24, 2.45) is 0 Å². The van der Waals surface area contributed by atoms with Gasteiger partial charge in [-0.05, 0) is 6.92 Å². The number of hydrogen-bond donors (Lipinski definition) is 5. The van der Waals surface area contributed by atoms with Gasteiger partial charge in [0.25, 0.3) is 5.56 Å². The number of aromatic amines is 1. The van der Waals surface area contributed by atoms with Crippen LogP contribution in [0.4, 0.5) is 21.8 Å². The lowest BCUT2D eigenvalue weighted by Crippen LogP contribution is -2.50. The molecule has 0 saturated carbocycles. The number of alkyl halides is 1. The lowest BCUT2D eigenvalue weighted by Gasteiger charge is -2.31. The number of nitrogens with one attached hydrogen (secondary N) is 2. The Morgan fingerprint density at radius 1 is 1.67 bits per heavy atom. The van der Waals surface area contributed by atoms with Crippen molar-refractivity contribution in [2.45, 2.75) is 31.0 Å². The quantitative estimate of drug-likeness (QED) is 0.438. The molecule has 0 radical (unpaired) electrons. The molecular weight excluding hydrogens is 285 g/mol. The average Bonchev–Trinajstić information content (AvgIpc) is 2.91. The van der Waals surface area contributed by atoms with Gasteiger partial charge in [-0.15, -0.1) is 0 Å². The highest BCUT2D eigenvalue weighted by Gasteiger charge is 2.57. The second-order valence-electron chi connectivity index (χ2n) is 5.26. The highest BCUT2D eigenvalue weighted by atomic mass is 19.1. The first-order valence-electron chi connectivity index (χ1n) is 6.40. The molecule has 0 aliphatic carbocycles. The molecule has 3 heterocycles. The lowest BCUT2D eigenvalue weighted by atomic mass is 9.98. The Bertz CT molecular complexity index is 621. The number of anilines is 3. The SMILES string of the molecule is CC1(F)C(O)C(CO)OC1N1CNc2c1nc(N)[nH]c2=O. The van der Waals surface area contributed by atoms with Crippen LogP contribution in [0.1, 0.15) is 6.92 Å². The monoisotopic (exact) mass is 301 g/mol. The van der Waals surface area contributed by atoms with Gasteiger partial charge in [0.1, 0.15) is 17.9 Å². The van der Waals surface area contributed by atoms with Crippen LogP contribution in [-0.4, -0.2) is 57.6 Å². The van der Waals surface area contributed by atoms with Gasteiger partial charge in [-0.1, -0.05) is 0 Å². The first kappa shape index (κ1) is 14.0. The van der Waals surface area contributed by atoms with E-state index in [0.717, 1.165) is 0 Å². The highest BCUT2D eigenvalue weighted by Crippen LogP contribution is 2.40. The second-order valence-corrected chi connectivity index (χ2v) is 5.26. The van der Waals surface area contributed by atoms with E-state index < -0.39 is 36.3 Å². The molecule has 2 aliphatic heterocycles. The van der Waals surface area contributed by atoms with Crippen LogP contribution in [0.25, 0.3) is 0 Å². The number of nitrogens with two attached hydrogens (primary N) is 1. The molecule has 0 aromatic carbocycles. The number of nitrogens with zero attached hydrogens (tertiary/aromatic N) is 2. The summed E-state index contributed by atoms with van der Waals surface area (Å²) in [7, 11) is 0. The summed E-state index contributed by atoms with van der Waals surface area (Å²) in [5.74, 6) is 0.0428. The van der Waals surface area contributed by atoms with Gasteiger partial charge in [0.05, 0.1) is 13.3 Å². The van der Waals surface area contributed by atoms with Crippen molar-refractivity contribution in [3.8, 4) is 0 Å². The van der Waals surface area contributed by atoms with Crippen molar-refractivity contribution in [1.82, 2.24) is 9.97 Å². The summed E-state index contributed by atoms with van der Waals surface area (Å²) in [5.41, 5.74) is 3.04. The van der Waals surface area contributed by atoms with Crippen LogP contribution in [0, 0.1) is 0 Å². The molecule has 116 valence electrons. The maximum absolute atomic E-state index is 14.8. The van der Waals surface area contributed by atoms with Crippen molar-refractivity contribution in [1.29, 1.82) is 0 Å². The first-order valence-corrected chi connectivity index (χ1v) is 6.40. The molecule has 3 rings (SSSR count). The number of aromatic nitrogens is 2. The molecule has 1 aromatic heterocycles. The van der Waals surface area contributed by atoms with Gasteiger partial charge >= 0.3 is 0 Å². The highest BCUT2D eigenvalue weighted by molar-refractivity contribution is 5.71. The van der Waals surface area contributed by atoms with Crippen LogP contribution in [0.5, 0.6) is 0 Å². The summed E-state index contributed by atoms with van der Waals surface area (Å²) < 4.78 is 20.1. The van der Waals surface area contributed by atoms with Gasteiger partial charge in [0.2, 0.25) is 5.95 Å². The fourth-order valence-corrected chi connectivity index (χ4v) is 2.68. The zero-order valence-corrected chi connectivity index (χ0v) is 11.2. The number of aliphatic hydroxyl groups is 2. The van der Waals surface area contributed by atoms with Gasteiger partial charge in [-0.2, -0.15) is 4.98 Å². The van der Waals surface area contributed by atoms with Crippen LogP contribution in [0.2, 0.25) is 0 Å². The molecule has 0 spiro atoms. The summed E-state index contributed by atoms with van der Waals surface area (Å²) in [6.45, 7) is 0.729. The molecule has 1 saturated heterocycles. The molecule has 21 heavy (non-hydrogen) atoms. The number of fused-ring (bicyclic) bond motifs is 1. The van der Waals surface area contributed by atoms with E-state index in [9.17, 15) is 14.3 Å². The lowest BCUT2D eigenvalue weighted by molar-refractivity contribution is -0.0221. The molecule has 6 N–H and O–H groups in total. The first-order chi connectivity index (χ1) is 9.86. The van der Waals surface area contributed by atoms with Crippen molar-refractivity contribution >= 4 is 17.5 Å². The number of halogens is 1. The third kappa shape index (κ3) is 1.94. The molecule has 1 aromatic rings. The molecule has 0 amide bonds. The minimum Gasteiger partial charge on any atom is -0.394 e. The maximum atomic E-state index is 14.8. The van der Waals surface area contributed by atoms with Crippen LogP contribution in [0.15, 0.2) is 4.79 Å². The fourth-order valence-electron chi connectivity index (χ4n) is 2.68. The van der Waals surface area contributed by atoms with Crippen molar-refractivity contribution in [2.75, 3.05) is 29.2 Å². The van der Waals surface area contributed by atoms with Crippen molar-refractivity contribution in [3.63, 3.8) is 0 Å². The molecular formula is C11H16FN5O4. The molecule has 0 bridgehead atoms. The minimum atomic E-state index is -2.14. The number of nitrogen functional groups attached to an aromatic ring is 1. The largest absolute Gasteiger partial charge is 0.394 e. The van der Waals surface area contributed by atoms with E-state index in [1.165, 1.54) is 11.8 Å². The zero-order valence-electron chi connectivity index (χ0n) is 11.2. The topological polar surface area (TPSA) is 137 Å². The smallest absolute Gasteiger partial charge is 0.277 e. The molecule has 4 unspecified atom stereocenters. The number of H-pyrrole nitrogens is 1. The third-order valence-corrected chi connectivity index (χ3v) is 3.80. The Morgan fingerprint density at radius 2 is 2.38 bits per heavy atom. The van der Waals surface area contributed by atoms with Crippen LogP contribution < -0.4 is 21.5 Å². The number of ether oxygens (including phenoxy) is 1. The van der Waals surface area contributed by atoms with Gasteiger partial charge in [-0.3, -0.25) is 9.78 Å². The van der Waals surface area contributed by atoms with Gasteiger partial charge < -0.3 is 30.9 Å². The van der Waals surface area contributed by atoms with Crippen LogP contribution in [-0.2, 0) is 4.74 Å². The molecule has 10 heteroatoms. The Balaban J connectivity index is 2.00. The molecule has 2 aliphatic rings. The molecule has 9 nitrogen and oxygen atoms in total. The Kier molecular flexibility index (Phi) is 3.04. The van der Waals surface area contributed by atoms with E-state index in [4.69, 9.17) is 15.6 Å². The zero-order chi connectivity index (χ0) is 15.4.